The number of nitrogens with zero attached hydrogens (tertiary/aromatic N) is 1. The van der Waals surface area contributed by atoms with E-state index in [2.05, 4.69) is 25.7 Å². The van der Waals surface area contributed by atoms with Crippen molar-refractivity contribution in [2.45, 2.75) is 52.3 Å². The zero-order chi connectivity index (χ0) is 15.0. The summed E-state index contributed by atoms with van der Waals surface area (Å²) in [6.45, 7) is 8.53. The third-order valence-electron chi connectivity index (χ3n) is 5.54. The zero-order valence-corrected chi connectivity index (χ0v) is 12.7. The largest absolute Gasteiger partial charge is 0.395 e. The SMILES string of the molecule is CC(C)C1(C)CCN(C2CCOCC2C(F)(F)F)CC1. The molecule has 118 valence electrons. The van der Waals surface area contributed by atoms with Crippen molar-refractivity contribution in [1.82, 2.24) is 4.90 Å². The van der Waals surface area contributed by atoms with E-state index in [1.54, 1.807) is 0 Å². The number of alkyl halides is 3. The molecule has 0 bridgehead atoms. The maximum Gasteiger partial charge on any atom is 0.395 e. The first-order chi connectivity index (χ1) is 9.24. The fourth-order valence-electron chi connectivity index (χ4n) is 3.42. The summed E-state index contributed by atoms with van der Waals surface area (Å²) in [7, 11) is 0. The van der Waals surface area contributed by atoms with Gasteiger partial charge in [0.15, 0.2) is 0 Å². The van der Waals surface area contributed by atoms with Gasteiger partial charge in [-0.25, -0.2) is 0 Å². The first-order valence-corrected chi connectivity index (χ1v) is 7.62. The first kappa shape index (κ1) is 16.1. The molecule has 2 rings (SSSR count). The van der Waals surface area contributed by atoms with Gasteiger partial charge in [0.25, 0.3) is 0 Å². The molecule has 0 spiro atoms. The molecule has 0 aromatic heterocycles. The zero-order valence-electron chi connectivity index (χ0n) is 12.7. The lowest BCUT2D eigenvalue weighted by Gasteiger charge is -2.47. The normalized spacial score (nSPS) is 32.5. The van der Waals surface area contributed by atoms with Crippen LogP contribution in [0.3, 0.4) is 0 Å². The number of rotatable bonds is 2. The van der Waals surface area contributed by atoms with E-state index in [0.29, 0.717) is 18.9 Å². The molecular weight excluding hydrogens is 267 g/mol. The molecule has 2 unspecified atom stereocenters. The Morgan fingerprint density at radius 1 is 1.20 bits per heavy atom. The molecule has 0 amide bonds. The summed E-state index contributed by atoms with van der Waals surface area (Å²) >= 11 is 0. The molecule has 2 heterocycles. The Balaban J connectivity index is 2.01. The third kappa shape index (κ3) is 3.30. The second kappa shape index (κ2) is 5.84. The van der Waals surface area contributed by atoms with Crippen molar-refractivity contribution in [3.8, 4) is 0 Å². The van der Waals surface area contributed by atoms with Crippen LogP contribution >= 0.6 is 0 Å². The van der Waals surface area contributed by atoms with Gasteiger partial charge in [-0.3, -0.25) is 4.90 Å². The van der Waals surface area contributed by atoms with Crippen molar-refractivity contribution in [2.75, 3.05) is 26.3 Å². The van der Waals surface area contributed by atoms with Gasteiger partial charge in [-0.2, -0.15) is 13.2 Å². The van der Waals surface area contributed by atoms with Gasteiger partial charge in [0.05, 0.1) is 12.5 Å². The molecule has 0 N–H and O–H groups in total. The maximum absolute atomic E-state index is 13.1. The van der Waals surface area contributed by atoms with Crippen LogP contribution in [0, 0.1) is 17.3 Å². The highest BCUT2D eigenvalue weighted by Crippen LogP contribution is 2.41. The summed E-state index contributed by atoms with van der Waals surface area (Å²) in [6.07, 6.45) is -1.66. The predicted octanol–water partition coefficient (Wildman–Crippen LogP) is 3.71. The summed E-state index contributed by atoms with van der Waals surface area (Å²) < 4.78 is 44.4. The highest BCUT2D eigenvalue weighted by atomic mass is 19.4. The van der Waals surface area contributed by atoms with Crippen LogP contribution in [0.15, 0.2) is 0 Å². The van der Waals surface area contributed by atoms with Crippen molar-refractivity contribution >= 4 is 0 Å². The van der Waals surface area contributed by atoms with Crippen LogP contribution in [0.5, 0.6) is 0 Å². The Bertz CT molecular complexity index is 322. The van der Waals surface area contributed by atoms with E-state index in [1.165, 1.54) is 0 Å². The summed E-state index contributed by atoms with van der Waals surface area (Å²) in [6, 6.07) is -0.388. The van der Waals surface area contributed by atoms with Crippen LogP contribution in [0.25, 0.3) is 0 Å². The maximum atomic E-state index is 13.1. The molecular formula is C15H26F3NO. The monoisotopic (exact) mass is 293 g/mol. The lowest BCUT2D eigenvalue weighted by molar-refractivity contribution is -0.221. The van der Waals surface area contributed by atoms with E-state index < -0.39 is 12.1 Å². The molecule has 2 nitrogen and oxygen atoms in total. The van der Waals surface area contributed by atoms with Crippen LogP contribution in [-0.2, 0) is 4.74 Å². The summed E-state index contributed by atoms with van der Waals surface area (Å²) in [4.78, 5) is 2.06. The minimum atomic E-state index is -4.15. The van der Waals surface area contributed by atoms with Gasteiger partial charge in [-0.05, 0) is 43.7 Å². The van der Waals surface area contributed by atoms with Gasteiger partial charge in [-0.1, -0.05) is 20.8 Å². The second-order valence-electron chi connectivity index (χ2n) is 6.92. The molecule has 2 fully saturated rings. The molecule has 0 saturated carbocycles. The number of halogens is 3. The van der Waals surface area contributed by atoms with E-state index in [1.807, 2.05) is 0 Å². The number of hydrogen-bond donors (Lipinski definition) is 0. The minimum Gasteiger partial charge on any atom is -0.381 e. The number of hydrogen-bond acceptors (Lipinski definition) is 2. The fourth-order valence-corrected chi connectivity index (χ4v) is 3.42. The molecule has 20 heavy (non-hydrogen) atoms. The number of piperidine rings is 1. The molecule has 0 aromatic rings. The van der Waals surface area contributed by atoms with Crippen molar-refractivity contribution in [3.05, 3.63) is 0 Å². The molecule has 0 aliphatic carbocycles. The van der Waals surface area contributed by atoms with Crippen LogP contribution in [0.1, 0.15) is 40.0 Å². The van der Waals surface area contributed by atoms with Gasteiger partial charge in [0, 0.05) is 12.6 Å². The third-order valence-corrected chi connectivity index (χ3v) is 5.54. The molecule has 2 aliphatic heterocycles. The van der Waals surface area contributed by atoms with Gasteiger partial charge in [-0.15, -0.1) is 0 Å². The van der Waals surface area contributed by atoms with Crippen LogP contribution in [0.4, 0.5) is 13.2 Å². The first-order valence-electron chi connectivity index (χ1n) is 7.62. The van der Waals surface area contributed by atoms with Crippen molar-refractivity contribution in [1.29, 1.82) is 0 Å². The Morgan fingerprint density at radius 3 is 2.30 bits per heavy atom. The average Bonchev–Trinajstić information content (AvgIpc) is 2.38. The fraction of sp³-hybridized carbons (Fsp3) is 1.00. The summed E-state index contributed by atoms with van der Waals surface area (Å²) in [5.74, 6) is -0.739. The van der Waals surface area contributed by atoms with Gasteiger partial charge in [0.1, 0.15) is 0 Å². The number of likely N-dealkylation sites (tertiary alicyclic amines) is 1. The van der Waals surface area contributed by atoms with E-state index in [9.17, 15) is 13.2 Å². The highest BCUT2D eigenvalue weighted by molar-refractivity contribution is 4.92. The van der Waals surface area contributed by atoms with Crippen molar-refractivity contribution < 1.29 is 17.9 Å². The average molecular weight is 293 g/mol. The molecule has 0 radical (unpaired) electrons. The van der Waals surface area contributed by atoms with E-state index in [0.717, 1.165) is 25.9 Å². The van der Waals surface area contributed by atoms with E-state index in [-0.39, 0.29) is 18.1 Å². The predicted molar refractivity (Wildman–Crippen MR) is 72.5 cm³/mol. The van der Waals surface area contributed by atoms with E-state index >= 15 is 0 Å². The standard InChI is InChI=1S/C15H26F3NO/c1-11(2)14(3)5-7-19(8-6-14)13-4-9-20-10-12(13)15(16,17)18/h11-13H,4-10H2,1-3H3. The number of ether oxygens (including phenoxy) is 1. The van der Waals surface area contributed by atoms with Crippen LogP contribution in [-0.4, -0.2) is 43.4 Å². The van der Waals surface area contributed by atoms with Crippen LogP contribution < -0.4 is 0 Å². The van der Waals surface area contributed by atoms with Crippen LogP contribution in [0.2, 0.25) is 0 Å². The second-order valence-corrected chi connectivity index (χ2v) is 6.92. The molecule has 0 aromatic carbocycles. The van der Waals surface area contributed by atoms with E-state index in [4.69, 9.17) is 4.74 Å². The Hall–Kier alpha value is -0.290. The molecule has 2 atom stereocenters. The Labute approximate surface area is 119 Å². The van der Waals surface area contributed by atoms with Gasteiger partial charge in [0.2, 0.25) is 0 Å². The van der Waals surface area contributed by atoms with Crippen molar-refractivity contribution in [2.24, 2.45) is 17.3 Å². The molecule has 2 saturated heterocycles. The lowest BCUT2D eigenvalue weighted by Crippen LogP contribution is -2.54. The molecule has 2 aliphatic rings. The minimum absolute atomic E-state index is 0.174. The smallest absolute Gasteiger partial charge is 0.381 e. The van der Waals surface area contributed by atoms with Gasteiger partial charge >= 0.3 is 6.18 Å². The quantitative estimate of drug-likeness (QED) is 0.769. The topological polar surface area (TPSA) is 12.5 Å². The highest BCUT2D eigenvalue weighted by Gasteiger charge is 2.49. The Kier molecular flexibility index (Phi) is 4.69. The van der Waals surface area contributed by atoms with Gasteiger partial charge < -0.3 is 4.74 Å². The summed E-state index contributed by atoms with van der Waals surface area (Å²) in [5, 5.41) is 0. The molecule has 5 heteroatoms. The van der Waals surface area contributed by atoms with Crippen molar-refractivity contribution in [3.63, 3.8) is 0 Å². The Morgan fingerprint density at radius 2 is 1.80 bits per heavy atom. The summed E-state index contributed by atoms with van der Waals surface area (Å²) in [5.41, 5.74) is 0.273. The lowest BCUT2D eigenvalue weighted by atomic mass is 9.71.